The predicted molar refractivity (Wildman–Crippen MR) is 92.4 cm³/mol. The molecule has 4 heteroatoms. The lowest BCUT2D eigenvalue weighted by atomic mass is 9.89. The third-order valence-corrected chi connectivity index (χ3v) is 4.98. The molecule has 1 heterocycles. The van der Waals surface area contributed by atoms with E-state index < -0.39 is 11.7 Å². The summed E-state index contributed by atoms with van der Waals surface area (Å²) in [5.74, 6) is 0.530. The highest BCUT2D eigenvalue weighted by Crippen LogP contribution is 2.35. The second-order valence-corrected chi connectivity index (χ2v) is 6.84. The third kappa shape index (κ3) is 4.06. The quantitative estimate of drug-likeness (QED) is 0.619. The number of hydrogen-bond donors (Lipinski definition) is 0. The van der Waals surface area contributed by atoms with Crippen LogP contribution in [0, 0.1) is 0 Å². The van der Waals surface area contributed by atoms with Crippen LogP contribution in [0.5, 0.6) is 0 Å². The van der Waals surface area contributed by atoms with E-state index in [1.54, 1.807) is 0 Å². The predicted octanol–water partition coefficient (Wildman–Crippen LogP) is 6.42. The highest BCUT2D eigenvalue weighted by atomic mass is 19.4. The molecule has 0 fully saturated rings. The lowest BCUT2D eigenvalue weighted by molar-refractivity contribution is -0.137. The minimum Gasteiger partial charge on any atom is -0.368 e. The zero-order valence-electron chi connectivity index (χ0n) is 14.6. The topological polar surface area (TPSA) is 9.23 Å². The molecule has 2 unspecified atom stereocenters. The smallest absolute Gasteiger partial charge is 0.368 e. The molecule has 1 aliphatic rings. The molecule has 1 nitrogen and oxygen atoms in total. The van der Waals surface area contributed by atoms with Crippen molar-refractivity contribution in [2.45, 2.75) is 57.9 Å². The molecule has 0 amide bonds. The van der Waals surface area contributed by atoms with Gasteiger partial charge in [0.1, 0.15) is 0 Å². The minimum atomic E-state index is -4.30. The average molecular weight is 348 g/mol. The number of hydrogen-bond acceptors (Lipinski definition) is 1. The van der Waals surface area contributed by atoms with Gasteiger partial charge in [-0.15, -0.1) is 0 Å². The maximum absolute atomic E-state index is 12.7. The van der Waals surface area contributed by atoms with E-state index in [9.17, 15) is 13.2 Å². The Morgan fingerprint density at radius 2 is 1.80 bits per heavy atom. The van der Waals surface area contributed by atoms with Gasteiger partial charge in [0.05, 0.1) is 18.3 Å². The first kappa shape index (κ1) is 18.0. The van der Waals surface area contributed by atoms with Crippen molar-refractivity contribution in [1.82, 2.24) is 0 Å². The van der Waals surface area contributed by atoms with Crippen LogP contribution in [-0.2, 0) is 23.9 Å². The van der Waals surface area contributed by atoms with Crippen molar-refractivity contribution < 1.29 is 17.9 Å². The highest BCUT2D eigenvalue weighted by Gasteiger charge is 2.30. The molecule has 0 aliphatic carbocycles. The molecule has 0 N–H and O–H groups in total. The number of alkyl halides is 3. The van der Waals surface area contributed by atoms with Crippen molar-refractivity contribution in [2.24, 2.45) is 0 Å². The van der Waals surface area contributed by atoms with Crippen molar-refractivity contribution >= 4 is 0 Å². The Kier molecular flexibility index (Phi) is 5.19. The van der Waals surface area contributed by atoms with Crippen LogP contribution in [0.25, 0.3) is 0 Å². The van der Waals surface area contributed by atoms with Crippen molar-refractivity contribution in [3.05, 3.63) is 70.3 Å². The van der Waals surface area contributed by atoms with Crippen LogP contribution in [0.2, 0.25) is 0 Å². The molecule has 2 atom stereocenters. The zero-order chi connectivity index (χ0) is 18.0. The van der Waals surface area contributed by atoms with Gasteiger partial charge in [-0.05, 0) is 46.7 Å². The first-order chi connectivity index (χ1) is 11.9. The molecule has 0 aromatic heterocycles. The number of rotatable bonds is 4. The second-order valence-electron chi connectivity index (χ2n) is 6.84. The summed E-state index contributed by atoms with van der Waals surface area (Å²) in [5, 5.41) is 0. The SMILES string of the molecule is CCCC(C)c1ccc2c(c1)COC(c1ccc(C(F)(F)F)cc1)C2. The van der Waals surface area contributed by atoms with Crippen molar-refractivity contribution in [1.29, 1.82) is 0 Å². The van der Waals surface area contributed by atoms with E-state index in [2.05, 4.69) is 32.0 Å². The summed E-state index contributed by atoms with van der Waals surface area (Å²) in [5.41, 5.74) is 3.92. The van der Waals surface area contributed by atoms with Gasteiger partial charge in [0.15, 0.2) is 0 Å². The van der Waals surface area contributed by atoms with Gasteiger partial charge in [-0.1, -0.05) is 50.6 Å². The standard InChI is InChI=1S/C21H23F3O/c1-3-4-14(2)16-5-6-17-12-20(25-13-18(17)11-16)15-7-9-19(10-8-15)21(22,23)24/h5-11,14,20H,3-4,12-13H2,1-2H3. The van der Waals surface area contributed by atoms with Gasteiger partial charge in [-0.2, -0.15) is 13.2 Å². The molecule has 25 heavy (non-hydrogen) atoms. The molecule has 0 radical (unpaired) electrons. The lowest BCUT2D eigenvalue weighted by Gasteiger charge is -2.27. The molecule has 0 spiro atoms. The van der Waals surface area contributed by atoms with E-state index in [1.807, 2.05) is 0 Å². The van der Waals surface area contributed by atoms with E-state index in [1.165, 1.54) is 28.8 Å². The number of fused-ring (bicyclic) bond motifs is 1. The first-order valence-corrected chi connectivity index (χ1v) is 8.79. The van der Waals surface area contributed by atoms with E-state index in [4.69, 9.17) is 4.74 Å². The first-order valence-electron chi connectivity index (χ1n) is 8.79. The minimum absolute atomic E-state index is 0.186. The summed E-state index contributed by atoms with van der Waals surface area (Å²) in [7, 11) is 0. The van der Waals surface area contributed by atoms with E-state index >= 15 is 0 Å². The van der Waals surface area contributed by atoms with Gasteiger partial charge in [-0.3, -0.25) is 0 Å². The van der Waals surface area contributed by atoms with Crippen molar-refractivity contribution in [3.8, 4) is 0 Å². The summed E-state index contributed by atoms with van der Waals surface area (Å²) < 4.78 is 44.0. The van der Waals surface area contributed by atoms with Crippen LogP contribution in [0.3, 0.4) is 0 Å². The summed E-state index contributed by atoms with van der Waals surface area (Å²) in [6, 6.07) is 11.9. The van der Waals surface area contributed by atoms with E-state index in [0.29, 0.717) is 18.9 Å². The monoisotopic (exact) mass is 348 g/mol. The lowest BCUT2D eigenvalue weighted by Crippen LogP contribution is -2.16. The Morgan fingerprint density at radius 1 is 1.08 bits per heavy atom. The summed E-state index contributed by atoms with van der Waals surface area (Å²) in [4.78, 5) is 0. The van der Waals surface area contributed by atoms with Crippen LogP contribution in [0.1, 0.15) is 66.5 Å². The average Bonchev–Trinajstić information content (AvgIpc) is 2.60. The van der Waals surface area contributed by atoms with E-state index in [-0.39, 0.29) is 6.10 Å². The highest BCUT2D eigenvalue weighted by molar-refractivity contribution is 5.37. The Bertz CT molecular complexity index is 719. The third-order valence-electron chi connectivity index (χ3n) is 4.98. The molecule has 2 aromatic carbocycles. The maximum atomic E-state index is 12.7. The van der Waals surface area contributed by atoms with Gasteiger partial charge in [0.2, 0.25) is 0 Å². The van der Waals surface area contributed by atoms with Crippen LogP contribution in [-0.4, -0.2) is 0 Å². The fourth-order valence-electron chi connectivity index (χ4n) is 3.44. The molecule has 1 aliphatic heterocycles. The molecule has 0 saturated carbocycles. The summed E-state index contributed by atoms with van der Waals surface area (Å²) in [6.07, 6.45) is -1.47. The molecular weight excluding hydrogens is 325 g/mol. The summed E-state index contributed by atoms with van der Waals surface area (Å²) >= 11 is 0. The molecule has 0 bridgehead atoms. The van der Waals surface area contributed by atoms with Gasteiger partial charge in [0, 0.05) is 6.42 Å². The molecular formula is C21H23F3O. The number of halogens is 3. The zero-order valence-corrected chi connectivity index (χ0v) is 14.6. The fraction of sp³-hybridized carbons (Fsp3) is 0.429. The molecule has 3 rings (SSSR count). The fourth-order valence-corrected chi connectivity index (χ4v) is 3.44. The van der Waals surface area contributed by atoms with Gasteiger partial charge >= 0.3 is 6.18 Å². The normalized spacial score (nSPS) is 18.7. The van der Waals surface area contributed by atoms with Crippen molar-refractivity contribution in [2.75, 3.05) is 0 Å². The largest absolute Gasteiger partial charge is 0.416 e. The van der Waals surface area contributed by atoms with Gasteiger partial charge < -0.3 is 4.74 Å². The van der Waals surface area contributed by atoms with Crippen molar-refractivity contribution in [3.63, 3.8) is 0 Å². The Morgan fingerprint density at radius 3 is 2.44 bits per heavy atom. The second kappa shape index (κ2) is 7.20. The van der Waals surface area contributed by atoms with Crippen LogP contribution < -0.4 is 0 Å². The number of benzene rings is 2. The maximum Gasteiger partial charge on any atom is 0.416 e. The summed E-state index contributed by atoms with van der Waals surface area (Å²) in [6.45, 7) is 4.93. The van der Waals surface area contributed by atoms with E-state index in [0.717, 1.165) is 30.5 Å². The molecule has 0 saturated heterocycles. The molecule has 134 valence electrons. The van der Waals surface area contributed by atoms with Gasteiger partial charge in [0.25, 0.3) is 0 Å². The molecule has 2 aromatic rings. The van der Waals surface area contributed by atoms with Crippen LogP contribution in [0.15, 0.2) is 42.5 Å². The Hall–Kier alpha value is -1.81. The van der Waals surface area contributed by atoms with Gasteiger partial charge in [-0.25, -0.2) is 0 Å². The Labute approximate surface area is 146 Å². The van der Waals surface area contributed by atoms with Crippen LogP contribution >= 0.6 is 0 Å². The van der Waals surface area contributed by atoms with Crippen LogP contribution in [0.4, 0.5) is 13.2 Å². The Balaban J connectivity index is 1.75. The number of ether oxygens (including phenoxy) is 1.